The van der Waals surface area contributed by atoms with Crippen molar-refractivity contribution in [2.45, 2.75) is 126 Å². The van der Waals surface area contributed by atoms with Crippen molar-refractivity contribution in [3.05, 3.63) is 0 Å². The molecule has 0 amide bonds. The van der Waals surface area contributed by atoms with Gasteiger partial charge in [0.05, 0.1) is 0 Å². The molecule has 0 spiro atoms. The van der Waals surface area contributed by atoms with Crippen LogP contribution in [0.2, 0.25) is 0 Å². The summed E-state index contributed by atoms with van der Waals surface area (Å²) < 4.78 is 0. The van der Waals surface area contributed by atoms with E-state index in [9.17, 15) is 0 Å². The summed E-state index contributed by atoms with van der Waals surface area (Å²) >= 11 is 0. The molecule has 166 valence electrons. The van der Waals surface area contributed by atoms with Gasteiger partial charge >= 0.3 is 0 Å². The van der Waals surface area contributed by atoms with Crippen molar-refractivity contribution in [2.75, 3.05) is 0 Å². The molecule has 0 radical (unpaired) electrons. The molecule has 0 saturated heterocycles. The first-order chi connectivity index (χ1) is 13.5. The number of hydrogen-bond acceptors (Lipinski definition) is 0. The minimum Gasteiger partial charge on any atom is -0.0651 e. The Bertz CT molecular complexity index is 661. The van der Waals surface area contributed by atoms with E-state index in [0.717, 1.165) is 29.6 Å². The van der Waals surface area contributed by atoms with Crippen LogP contribution >= 0.6 is 0 Å². The molecule has 0 heterocycles. The normalized spacial score (nSPS) is 58.7. The SMILES string of the molecule is CC[C@@H]1CC[C@]2(C)[C@@H]1CC[C@]1(C)[C@@H]2CC[C@@H]2[C@]3(C)CCCC(C)(C)[C@H]3CC[C@@]21C. The highest BCUT2D eigenvalue weighted by Crippen LogP contribution is 2.77. The zero-order chi connectivity index (χ0) is 20.9. The van der Waals surface area contributed by atoms with E-state index in [-0.39, 0.29) is 0 Å². The second-order valence-electron chi connectivity index (χ2n) is 14.3. The fraction of sp³-hybridized carbons (Fsp3) is 1.00. The maximum atomic E-state index is 2.81. The largest absolute Gasteiger partial charge is 0.0651 e. The van der Waals surface area contributed by atoms with E-state index in [1.54, 1.807) is 12.8 Å². The summed E-state index contributed by atoms with van der Waals surface area (Å²) in [5.74, 6) is 4.99. The third kappa shape index (κ3) is 2.44. The Kier molecular flexibility index (Phi) is 4.52. The van der Waals surface area contributed by atoms with Crippen molar-refractivity contribution in [2.24, 2.45) is 56.7 Å². The molecule has 5 aliphatic rings. The molecule has 0 aromatic carbocycles. The average Bonchev–Trinajstić information content (AvgIpc) is 2.98. The Morgan fingerprint density at radius 2 is 1.21 bits per heavy atom. The van der Waals surface area contributed by atoms with Crippen LogP contribution in [0.15, 0.2) is 0 Å². The topological polar surface area (TPSA) is 0 Å². The molecule has 0 aromatic heterocycles. The van der Waals surface area contributed by atoms with Gasteiger partial charge in [0.2, 0.25) is 0 Å². The highest BCUT2D eigenvalue weighted by molar-refractivity contribution is 5.18. The highest BCUT2D eigenvalue weighted by Gasteiger charge is 2.69. The zero-order valence-electron chi connectivity index (χ0n) is 20.9. The Labute approximate surface area is 182 Å². The van der Waals surface area contributed by atoms with Crippen LogP contribution in [0.1, 0.15) is 126 Å². The lowest BCUT2D eigenvalue weighted by Gasteiger charge is -2.73. The lowest BCUT2D eigenvalue weighted by Crippen LogP contribution is -2.65. The first-order valence-corrected chi connectivity index (χ1v) is 13.5. The first-order valence-electron chi connectivity index (χ1n) is 13.5. The summed E-state index contributed by atoms with van der Waals surface area (Å²) in [6.07, 6.45) is 18.1. The maximum absolute atomic E-state index is 2.81. The van der Waals surface area contributed by atoms with E-state index in [0.29, 0.717) is 27.1 Å². The van der Waals surface area contributed by atoms with Crippen LogP contribution < -0.4 is 0 Å². The number of hydrogen-bond donors (Lipinski definition) is 0. The summed E-state index contributed by atoms with van der Waals surface area (Å²) in [6.45, 7) is 18.8. The molecule has 5 aliphatic carbocycles. The van der Waals surface area contributed by atoms with Crippen LogP contribution in [0, 0.1) is 56.7 Å². The van der Waals surface area contributed by atoms with Gasteiger partial charge in [0.25, 0.3) is 0 Å². The summed E-state index contributed by atoms with van der Waals surface area (Å²) in [5, 5.41) is 0. The van der Waals surface area contributed by atoms with Crippen LogP contribution in [0.5, 0.6) is 0 Å². The molecule has 9 atom stereocenters. The van der Waals surface area contributed by atoms with Gasteiger partial charge < -0.3 is 0 Å². The predicted molar refractivity (Wildman–Crippen MR) is 125 cm³/mol. The molecule has 0 heteroatoms. The highest BCUT2D eigenvalue weighted by atomic mass is 14.7. The maximum Gasteiger partial charge on any atom is -0.0235 e. The summed E-state index contributed by atoms with van der Waals surface area (Å²) in [4.78, 5) is 0. The quantitative estimate of drug-likeness (QED) is 0.413. The fourth-order valence-corrected chi connectivity index (χ4v) is 11.9. The van der Waals surface area contributed by atoms with Crippen LogP contribution in [-0.2, 0) is 0 Å². The molecule has 29 heavy (non-hydrogen) atoms. The van der Waals surface area contributed by atoms with Gasteiger partial charge in [-0.2, -0.15) is 0 Å². The van der Waals surface area contributed by atoms with Gasteiger partial charge in [0.1, 0.15) is 0 Å². The van der Waals surface area contributed by atoms with Crippen LogP contribution in [0.4, 0.5) is 0 Å². The number of fused-ring (bicyclic) bond motifs is 7. The fourth-order valence-electron chi connectivity index (χ4n) is 11.9. The Balaban J connectivity index is 1.53. The molecular weight excluding hydrogens is 348 g/mol. The smallest absolute Gasteiger partial charge is 0.0235 e. The van der Waals surface area contributed by atoms with Crippen molar-refractivity contribution in [3.8, 4) is 0 Å². The Morgan fingerprint density at radius 1 is 0.586 bits per heavy atom. The molecule has 0 nitrogen and oxygen atoms in total. The number of rotatable bonds is 1. The standard InChI is InChI=1S/C29H50/c1-8-20-12-17-26(4)21(20)13-18-28(6)23(26)10-11-24-27(5)16-9-15-25(2,3)22(27)14-19-29(24,28)7/h20-24H,8-19H2,1-7H3/t20-,21-,22-,23-,24-,26-,27-,28-,29+/m1/s1. The van der Waals surface area contributed by atoms with Gasteiger partial charge in [-0.05, 0) is 121 Å². The molecular formula is C29H50. The monoisotopic (exact) mass is 398 g/mol. The third-order valence-electron chi connectivity index (χ3n) is 13.4. The second-order valence-corrected chi connectivity index (χ2v) is 14.3. The molecule has 0 aromatic rings. The van der Waals surface area contributed by atoms with Crippen LogP contribution in [0.3, 0.4) is 0 Å². The van der Waals surface area contributed by atoms with E-state index in [2.05, 4.69) is 48.5 Å². The molecule has 5 fully saturated rings. The lowest BCUT2D eigenvalue weighted by molar-refractivity contribution is -0.241. The molecule has 0 unspecified atom stereocenters. The zero-order valence-corrected chi connectivity index (χ0v) is 20.9. The van der Waals surface area contributed by atoms with E-state index in [1.165, 1.54) is 64.2 Å². The lowest BCUT2D eigenvalue weighted by atomic mass is 9.32. The van der Waals surface area contributed by atoms with Gasteiger partial charge in [-0.3, -0.25) is 0 Å². The van der Waals surface area contributed by atoms with Crippen LogP contribution in [0.25, 0.3) is 0 Å². The van der Waals surface area contributed by atoms with Gasteiger partial charge in [-0.15, -0.1) is 0 Å². The molecule has 0 aliphatic heterocycles. The van der Waals surface area contributed by atoms with Gasteiger partial charge in [-0.25, -0.2) is 0 Å². The predicted octanol–water partition coefficient (Wildman–Crippen LogP) is 8.89. The van der Waals surface area contributed by atoms with Gasteiger partial charge in [0.15, 0.2) is 0 Å². The minimum atomic E-state index is 0.565. The van der Waals surface area contributed by atoms with E-state index >= 15 is 0 Å². The van der Waals surface area contributed by atoms with E-state index < -0.39 is 0 Å². The second kappa shape index (κ2) is 6.28. The molecule has 0 bridgehead atoms. The molecule has 5 saturated carbocycles. The summed E-state index contributed by atoms with van der Waals surface area (Å²) in [6, 6.07) is 0. The summed E-state index contributed by atoms with van der Waals surface area (Å²) in [7, 11) is 0. The van der Waals surface area contributed by atoms with Gasteiger partial charge in [-0.1, -0.05) is 61.3 Å². The van der Waals surface area contributed by atoms with E-state index in [1.807, 2.05) is 0 Å². The minimum absolute atomic E-state index is 0.565. The van der Waals surface area contributed by atoms with E-state index in [4.69, 9.17) is 0 Å². The van der Waals surface area contributed by atoms with Crippen molar-refractivity contribution in [3.63, 3.8) is 0 Å². The van der Waals surface area contributed by atoms with Crippen LogP contribution in [-0.4, -0.2) is 0 Å². The van der Waals surface area contributed by atoms with Crippen molar-refractivity contribution >= 4 is 0 Å². The molecule has 5 rings (SSSR count). The first kappa shape index (κ1) is 20.9. The summed E-state index contributed by atoms with van der Waals surface area (Å²) in [5.41, 5.74) is 2.97. The Morgan fingerprint density at radius 3 is 1.86 bits per heavy atom. The van der Waals surface area contributed by atoms with Crippen molar-refractivity contribution in [1.82, 2.24) is 0 Å². The van der Waals surface area contributed by atoms with Crippen molar-refractivity contribution < 1.29 is 0 Å². The van der Waals surface area contributed by atoms with Gasteiger partial charge in [0, 0.05) is 0 Å². The third-order valence-corrected chi connectivity index (χ3v) is 13.4. The van der Waals surface area contributed by atoms with Crippen molar-refractivity contribution in [1.29, 1.82) is 0 Å². The Hall–Kier alpha value is 0. The molecule has 0 N–H and O–H groups in total. The average molecular weight is 399 g/mol.